The van der Waals surface area contributed by atoms with Crippen molar-refractivity contribution in [1.82, 2.24) is 19.3 Å². The summed E-state index contributed by atoms with van der Waals surface area (Å²) < 4.78 is 8.38. The van der Waals surface area contributed by atoms with Crippen molar-refractivity contribution in [2.45, 2.75) is 19.4 Å². The minimum absolute atomic E-state index is 0.107. The molecule has 2 heterocycles. The zero-order chi connectivity index (χ0) is 18.6. The van der Waals surface area contributed by atoms with Crippen LogP contribution in [0.4, 0.5) is 5.69 Å². The lowest BCUT2D eigenvalue weighted by atomic mass is 10.2. The van der Waals surface area contributed by atoms with Crippen molar-refractivity contribution in [3.8, 4) is 5.69 Å². The fourth-order valence-electron chi connectivity index (χ4n) is 2.89. The Morgan fingerprint density at radius 1 is 1.11 bits per heavy atom. The standard InChI is InChI=1S/C19H17N5O3/c25-18(22-14-7-9-15(10-8-14)24-13-20-12-21-24)6-3-11-23-16-4-1-2-5-17(16)27-19(23)26/h1-2,4-5,7-10,12-13H,3,6,11H2,(H,22,25). The topological polar surface area (TPSA) is 94.9 Å². The fraction of sp³-hybridized carbons (Fsp3) is 0.158. The van der Waals surface area contributed by atoms with Gasteiger partial charge in [-0.2, -0.15) is 5.10 Å². The molecule has 4 aromatic rings. The molecule has 0 saturated heterocycles. The third-order valence-electron chi connectivity index (χ3n) is 4.19. The van der Waals surface area contributed by atoms with E-state index in [4.69, 9.17) is 4.42 Å². The third-order valence-corrected chi connectivity index (χ3v) is 4.19. The minimum Gasteiger partial charge on any atom is -0.408 e. The molecule has 0 aliphatic carbocycles. The Bertz CT molecular complexity index is 1110. The average molecular weight is 363 g/mol. The molecule has 0 spiro atoms. The molecule has 0 unspecified atom stereocenters. The van der Waals surface area contributed by atoms with E-state index in [1.807, 2.05) is 42.5 Å². The minimum atomic E-state index is -0.402. The van der Waals surface area contributed by atoms with Crippen LogP contribution >= 0.6 is 0 Å². The van der Waals surface area contributed by atoms with Gasteiger partial charge in [0, 0.05) is 18.7 Å². The lowest BCUT2D eigenvalue weighted by molar-refractivity contribution is -0.116. The van der Waals surface area contributed by atoms with Crippen LogP contribution in [0.25, 0.3) is 16.8 Å². The molecule has 2 aromatic carbocycles. The van der Waals surface area contributed by atoms with Gasteiger partial charge in [-0.15, -0.1) is 0 Å². The summed E-state index contributed by atoms with van der Waals surface area (Å²) in [7, 11) is 0. The summed E-state index contributed by atoms with van der Waals surface area (Å²) in [6.07, 6.45) is 3.91. The SMILES string of the molecule is O=C(CCCn1c(=O)oc2ccccc21)Nc1ccc(-n2cncn2)cc1. The van der Waals surface area contributed by atoms with Gasteiger partial charge in [0.05, 0.1) is 11.2 Å². The first-order valence-corrected chi connectivity index (χ1v) is 8.54. The number of hydrogen-bond donors (Lipinski definition) is 1. The van der Waals surface area contributed by atoms with Gasteiger partial charge in [0.15, 0.2) is 5.58 Å². The number of aromatic nitrogens is 4. The number of carbonyl (C=O) groups excluding carboxylic acids is 1. The number of aryl methyl sites for hydroxylation is 1. The summed E-state index contributed by atoms with van der Waals surface area (Å²) in [5.74, 6) is -0.510. The van der Waals surface area contributed by atoms with Crippen LogP contribution in [0.5, 0.6) is 0 Å². The van der Waals surface area contributed by atoms with E-state index in [0.29, 0.717) is 30.7 Å². The zero-order valence-corrected chi connectivity index (χ0v) is 14.4. The molecular weight excluding hydrogens is 346 g/mol. The lowest BCUT2D eigenvalue weighted by Gasteiger charge is -2.07. The first-order valence-electron chi connectivity index (χ1n) is 8.54. The molecule has 0 radical (unpaired) electrons. The largest absolute Gasteiger partial charge is 0.419 e. The second-order valence-electron chi connectivity index (χ2n) is 6.03. The van der Waals surface area contributed by atoms with Crippen LogP contribution < -0.4 is 11.1 Å². The molecule has 0 bridgehead atoms. The molecule has 4 rings (SSSR count). The number of benzene rings is 2. The number of anilines is 1. The lowest BCUT2D eigenvalue weighted by Crippen LogP contribution is -2.17. The highest BCUT2D eigenvalue weighted by atomic mass is 16.4. The number of carbonyl (C=O) groups is 1. The molecule has 8 nitrogen and oxygen atoms in total. The highest BCUT2D eigenvalue weighted by molar-refractivity contribution is 5.90. The number of oxazole rings is 1. The van der Waals surface area contributed by atoms with Crippen molar-refractivity contribution in [1.29, 1.82) is 0 Å². The Balaban J connectivity index is 1.33. The van der Waals surface area contributed by atoms with Crippen LogP contribution in [0.2, 0.25) is 0 Å². The Labute approximate surface area is 154 Å². The Morgan fingerprint density at radius 3 is 2.70 bits per heavy atom. The molecule has 2 aromatic heterocycles. The maximum atomic E-state index is 12.2. The summed E-state index contributed by atoms with van der Waals surface area (Å²) in [6, 6.07) is 14.6. The van der Waals surface area contributed by atoms with E-state index < -0.39 is 5.76 Å². The van der Waals surface area contributed by atoms with E-state index in [2.05, 4.69) is 15.4 Å². The van der Waals surface area contributed by atoms with Crippen molar-refractivity contribution in [3.05, 3.63) is 71.7 Å². The molecule has 0 aliphatic heterocycles. The molecule has 8 heteroatoms. The highest BCUT2D eigenvalue weighted by Crippen LogP contribution is 2.14. The predicted octanol–water partition coefficient (Wildman–Crippen LogP) is 2.59. The monoisotopic (exact) mass is 363 g/mol. The van der Waals surface area contributed by atoms with Gasteiger partial charge >= 0.3 is 5.76 Å². The number of rotatable bonds is 6. The maximum absolute atomic E-state index is 12.2. The first-order chi connectivity index (χ1) is 13.2. The van der Waals surface area contributed by atoms with Gasteiger partial charge < -0.3 is 9.73 Å². The van der Waals surface area contributed by atoms with Gasteiger partial charge in [0.25, 0.3) is 0 Å². The maximum Gasteiger partial charge on any atom is 0.419 e. The third kappa shape index (κ3) is 3.64. The van der Waals surface area contributed by atoms with Gasteiger partial charge in [-0.1, -0.05) is 12.1 Å². The van der Waals surface area contributed by atoms with Gasteiger partial charge in [0.2, 0.25) is 5.91 Å². The van der Waals surface area contributed by atoms with E-state index in [1.165, 1.54) is 6.33 Å². The van der Waals surface area contributed by atoms with Crippen molar-refractivity contribution in [2.75, 3.05) is 5.32 Å². The molecule has 27 heavy (non-hydrogen) atoms. The van der Waals surface area contributed by atoms with E-state index in [1.54, 1.807) is 21.6 Å². The summed E-state index contributed by atoms with van der Waals surface area (Å²) in [5, 5.41) is 6.90. The Kier molecular flexibility index (Phi) is 4.52. The van der Waals surface area contributed by atoms with Gasteiger partial charge in [-0.05, 0) is 42.8 Å². The van der Waals surface area contributed by atoms with Crippen molar-refractivity contribution < 1.29 is 9.21 Å². The second kappa shape index (κ2) is 7.28. The van der Waals surface area contributed by atoms with Crippen LogP contribution in [0, 0.1) is 0 Å². The quantitative estimate of drug-likeness (QED) is 0.568. The average Bonchev–Trinajstić information content (AvgIpc) is 3.31. The Morgan fingerprint density at radius 2 is 1.93 bits per heavy atom. The molecular formula is C19H17N5O3. The van der Waals surface area contributed by atoms with E-state index in [0.717, 1.165) is 11.2 Å². The normalized spacial score (nSPS) is 11.0. The predicted molar refractivity (Wildman–Crippen MR) is 99.7 cm³/mol. The zero-order valence-electron chi connectivity index (χ0n) is 14.4. The number of fused-ring (bicyclic) bond motifs is 1. The van der Waals surface area contributed by atoms with E-state index in [-0.39, 0.29) is 5.91 Å². The van der Waals surface area contributed by atoms with Gasteiger partial charge in [-0.3, -0.25) is 9.36 Å². The Hall–Kier alpha value is -3.68. The number of amides is 1. The summed E-state index contributed by atoms with van der Waals surface area (Å²) in [6.45, 7) is 0.425. The second-order valence-corrected chi connectivity index (χ2v) is 6.03. The molecule has 1 N–H and O–H groups in total. The highest BCUT2D eigenvalue weighted by Gasteiger charge is 2.09. The number of nitrogens with one attached hydrogen (secondary N) is 1. The molecule has 1 amide bonds. The molecule has 136 valence electrons. The summed E-state index contributed by atoms with van der Waals surface area (Å²) in [4.78, 5) is 28.0. The van der Waals surface area contributed by atoms with Crippen LogP contribution in [-0.4, -0.2) is 25.2 Å². The van der Waals surface area contributed by atoms with Crippen molar-refractivity contribution in [2.24, 2.45) is 0 Å². The fourth-order valence-corrected chi connectivity index (χ4v) is 2.89. The smallest absolute Gasteiger partial charge is 0.408 e. The van der Waals surface area contributed by atoms with Crippen LogP contribution in [0.1, 0.15) is 12.8 Å². The van der Waals surface area contributed by atoms with Crippen molar-refractivity contribution >= 4 is 22.7 Å². The number of para-hydroxylation sites is 2. The van der Waals surface area contributed by atoms with Crippen molar-refractivity contribution in [3.63, 3.8) is 0 Å². The van der Waals surface area contributed by atoms with Crippen LogP contribution in [-0.2, 0) is 11.3 Å². The molecule has 0 saturated carbocycles. The van der Waals surface area contributed by atoms with E-state index >= 15 is 0 Å². The first kappa shape index (κ1) is 16.8. The van der Waals surface area contributed by atoms with Gasteiger partial charge in [-0.25, -0.2) is 14.5 Å². The number of nitrogens with zero attached hydrogens (tertiary/aromatic N) is 4. The van der Waals surface area contributed by atoms with Crippen LogP contribution in [0.15, 0.2) is 70.4 Å². The molecule has 0 aliphatic rings. The molecule has 0 fully saturated rings. The summed E-state index contributed by atoms with van der Waals surface area (Å²) >= 11 is 0. The van der Waals surface area contributed by atoms with E-state index in [9.17, 15) is 9.59 Å². The molecule has 0 atom stereocenters. The van der Waals surface area contributed by atoms with Gasteiger partial charge in [0.1, 0.15) is 12.7 Å². The van der Waals surface area contributed by atoms with Crippen LogP contribution in [0.3, 0.4) is 0 Å². The number of hydrogen-bond acceptors (Lipinski definition) is 5. The summed E-state index contributed by atoms with van der Waals surface area (Å²) in [5.41, 5.74) is 2.86.